The first-order valence-electron chi connectivity index (χ1n) is 10.8. The number of aliphatic carboxylic acids is 1. The molecule has 31 heavy (non-hydrogen) atoms. The van der Waals surface area contributed by atoms with Crippen molar-refractivity contribution in [3.05, 3.63) is 65.7 Å². The maximum Gasteiger partial charge on any atom is 0.411 e. The molecule has 2 aromatic rings. The summed E-state index contributed by atoms with van der Waals surface area (Å²) in [6.45, 7) is 6.55. The summed E-state index contributed by atoms with van der Waals surface area (Å²) < 4.78 is 5.65. The molecule has 0 aromatic heterocycles. The number of anilines is 1. The van der Waals surface area contributed by atoms with E-state index in [1.807, 2.05) is 42.5 Å². The van der Waals surface area contributed by atoms with E-state index in [9.17, 15) is 14.7 Å². The molecule has 0 saturated carbocycles. The van der Waals surface area contributed by atoms with Gasteiger partial charge in [-0.1, -0.05) is 48.5 Å². The van der Waals surface area contributed by atoms with Crippen molar-refractivity contribution >= 4 is 17.7 Å². The van der Waals surface area contributed by atoms with Crippen molar-refractivity contribution < 1.29 is 19.4 Å². The molecule has 1 fully saturated rings. The molecule has 1 N–H and O–H groups in total. The summed E-state index contributed by atoms with van der Waals surface area (Å²) in [4.78, 5) is 29.7. The molecule has 2 aliphatic heterocycles. The van der Waals surface area contributed by atoms with Crippen LogP contribution in [0.1, 0.15) is 38.3 Å². The van der Waals surface area contributed by atoms with Gasteiger partial charge in [0.2, 0.25) is 0 Å². The highest BCUT2D eigenvalue weighted by Crippen LogP contribution is 2.40. The van der Waals surface area contributed by atoms with E-state index in [1.54, 1.807) is 20.8 Å². The summed E-state index contributed by atoms with van der Waals surface area (Å²) in [5, 5.41) is 10.4. The van der Waals surface area contributed by atoms with Crippen molar-refractivity contribution in [3.8, 4) is 0 Å². The molecular formula is C25H30N2O4. The molecule has 1 saturated heterocycles. The Morgan fingerprint density at radius 2 is 1.77 bits per heavy atom. The van der Waals surface area contributed by atoms with Crippen molar-refractivity contribution in [1.29, 1.82) is 0 Å². The standard InChI is InChI=1S/C25H30N2O4/c1-24(2,3)31-23(30)27-17-20(26-14-13-19-11-7-8-12-21(19)26)16-25(27,22(28)29)15-18-9-5-4-6-10-18/h4-12,20H,13-17H2,1-3H3,(H,28,29)/t20-,25-/m0/s1. The maximum absolute atomic E-state index is 13.2. The number of likely N-dealkylation sites (tertiary alicyclic amines) is 1. The van der Waals surface area contributed by atoms with Gasteiger partial charge in [-0.15, -0.1) is 0 Å². The second-order valence-electron chi connectivity index (χ2n) is 9.52. The molecule has 0 radical (unpaired) electrons. The van der Waals surface area contributed by atoms with E-state index < -0.39 is 23.2 Å². The van der Waals surface area contributed by atoms with Crippen LogP contribution in [0.2, 0.25) is 0 Å². The highest BCUT2D eigenvalue weighted by molar-refractivity contribution is 5.86. The summed E-state index contributed by atoms with van der Waals surface area (Å²) in [6, 6.07) is 17.7. The van der Waals surface area contributed by atoms with Crippen LogP contribution >= 0.6 is 0 Å². The molecule has 6 heteroatoms. The zero-order valence-corrected chi connectivity index (χ0v) is 18.4. The molecule has 2 atom stereocenters. The molecule has 0 unspecified atom stereocenters. The van der Waals surface area contributed by atoms with Crippen LogP contribution in [-0.2, 0) is 22.4 Å². The molecule has 0 aliphatic carbocycles. The topological polar surface area (TPSA) is 70.1 Å². The van der Waals surface area contributed by atoms with Gasteiger partial charge in [-0.2, -0.15) is 0 Å². The lowest BCUT2D eigenvalue weighted by Gasteiger charge is -2.35. The van der Waals surface area contributed by atoms with Crippen LogP contribution in [0, 0.1) is 0 Å². The van der Waals surface area contributed by atoms with E-state index in [2.05, 4.69) is 17.0 Å². The Hall–Kier alpha value is -3.02. The Labute approximate surface area is 183 Å². The number of carbonyl (C=O) groups excluding carboxylic acids is 1. The summed E-state index contributed by atoms with van der Waals surface area (Å²) in [6.07, 6.45) is 0.956. The first-order chi connectivity index (χ1) is 14.7. The third kappa shape index (κ3) is 4.11. The lowest BCUT2D eigenvalue weighted by Crippen LogP contribution is -2.55. The molecule has 4 rings (SSSR count). The fourth-order valence-electron chi connectivity index (χ4n) is 4.85. The number of para-hydroxylation sites is 1. The van der Waals surface area contributed by atoms with Crippen LogP contribution in [-0.4, -0.2) is 52.3 Å². The zero-order chi connectivity index (χ0) is 22.2. The van der Waals surface area contributed by atoms with Crippen molar-refractivity contribution in [2.24, 2.45) is 0 Å². The average molecular weight is 423 g/mol. The van der Waals surface area contributed by atoms with E-state index in [0.29, 0.717) is 13.0 Å². The first kappa shape index (κ1) is 21.2. The monoisotopic (exact) mass is 422 g/mol. The Morgan fingerprint density at radius 3 is 2.45 bits per heavy atom. The number of rotatable bonds is 4. The molecule has 2 aliphatic rings. The Bertz CT molecular complexity index is 969. The quantitative estimate of drug-likeness (QED) is 0.803. The van der Waals surface area contributed by atoms with Crippen molar-refractivity contribution in [3.63, 3.8) is 0 Å². The van der Waals surface area contributed by atoms with Gasteiger partial charge in [-0.05, 0) is 44.4 Å². The number of benzene rings is 2. The van der Waals surface area contributed by atoms with Gasteiger partial charge in [0, 0.05) is 37.7 Å². The van der Waals surface area contributed by atoms with Crippen LogP contribution in [0.3, 0.4) is 0 Å². The molecule has 1 amide bonds. The third-order valence-electron chi connectivity index (χ3n) is 6.20. The van der Waals surface area contributed by atoms with Gasteiger partial charge in [0.1, 0.15) is 11.1 Å². The maximum atomic E-state index is 13.2. The molecule has 0 bridgehead atoms. The van der Waals surface area contributed by atoms with Gasteiger partial charge in [0.05, 0.1) is 0 Å². The van der Waals surface area contributed by atoms with Gasteiger partial charge >= 0.3 is 12.1 Å². The van der Waals surface area contributed by atoms with E-state index >= 15 is 0 Å². The molecule has 6 nitrogen and oxygen atoms in total. The molecule has 2 aromatic carbocycles. The van der Waals surface area contributed by atoms with Gasteiger partial charge in [0.15, 0.2) is 0 Å². The van der Waals surface area contributed by atoms with E-state index in [-0.39, 0.29) is 12.5 Å². The van der Waals surface area contributed by atoms with Crippen LogP contribution in [0.5, 0.6) is 0 Å². The van der Waals surface area contributed by atoms with Gasteiger partial charge in [0.25, 0.3) is 0 Å². The minimum absolute atomic E-state index is 0.0871. The second-order valence-corrected chi connectivity index (χ2v) is 9.52. The predicted octanol–water partition coefficient (Wildman–Crippen LogP) is 4.12. The summed E-state index contributed by atoms with van der Waals surface area (Å²) in [7, 11) is 0. The largest absolute Gasteiger partial charge is 0.479 e. The van der Waals surface area contributed by atoms with Gasteiger partial charge < -0.3 is 14.7 Å². The van der Waals surface area contributed by atoms with Crippen molar-refractivity contribution in [2.75, 3.05) is 18.0 Å². The number of fused-ring (bicyclic) bond motifs is 1. The minimum atomic E-state index is -1.36. The van der Waals surface area contributed by atoms with Gasteiger partial charge in [-0.3, -0.25) is 4.90 Å². The summed E-state index contributed by atoms with van der Waals surface area (Å²) >= 11 is 0. The number of hydrogen-bond donors (Lipinski definition) is 1. The van der Waals surface area contributed by atoms with Gasteiger partial charge in [-0.25, -0.2) is 9.59 Å². The number of carboxylic acids is 1. The third-order valence-corrected chi connectivity index (χ3v) is 6.20. The molecular weight excluding hydrogens is 392 g/mol. The minimum Gasteiger partial charge on any atom is -0.479 e. The van der Waals surface area contributed by atoms with E-state index in [0.717, 1.165) is 24.2 Å². The lowest BCUT2D eigenvalue weighted by atomic mass is 9.87. The fourth-order valence-corrected chi connectivity index (χ4v) is 4.85. The van der Waals surface area contributed by atoms with Crippen LogP contribution in [0.25, 0.3) is 0 Å². The molecule has 0 spiro atoms. The second kappa shape index (κ2) is 7.91. The summed E-state index contributed by atoms with van der Waals surface area (Å²) in [5.74, 6) is -0.989. The Morgan fingerprint density at radius 1 is 1.10 bits per heavy atom. The SMILES string of the molecule is CC(C)(C)OC(=O)N1C[C@@H](N2CCc3ccccc32)C[C@@]1(Cc1ccccc1)C(=O)O. The van der Waals surface area contributed by atoms with Crippen molar-refractivity contribution in [1.82, 2.24) is 4.90 Å². The van der Waals surface area contributed by atoms with Crippen LogP contribution in [0.15, 0.2) is 54.6 Å². The van der Waals surface area contributed by atoms with Crippen LogP contribution < -0.4 is 4.90 Å². The number of carbonyl (C=O) groups is 2. The summed E-state index contributed by atoms with van der Waals surface area (Å²) in [5.41, 5.74) is 1.24. The molecule has 2 heterocycles. The highest BCUT2D eigenvalue weighted by Gasteiger charge is 2.56. The Kier molecular flexibility index (Phi) is 5.42. The van der Waals surface area contributed by atoms with Crippen molar-refractivity contribution in [2.45, 2.75) is 57.2 Å². The predicted molar refractivity (Wildman–Crippen MR) is 119 cm³/mol. The van der Waals surface area contributed by atoms with E-state index in [1.165, 1.54) is 10.5 Å². The number of ether oxygens (including phenoxy) is 1. The number of carboxylic acid groups (broad SMARTS) is 1. The normalized spacial score (nSPS) is 23.0. The number of nitrogens with zero attached hydrogens (tertiary/aromatic N) is 2. The zero-order valence-electron chi connectivity index (χ0n) is 18.4. The average Bonchev–Trinajstić information content (AvgIpc) is 3.30. The van der Waals surface area contributed by atoms with E-state index in [4.69, 9.17) is 4.74 Å². The lowest BCUT2D eigenvalue weighted by molar-refractivity contribution is -0.149. The Balaban J connectivity index is 1.71. The first-order valence-corrected chi connectivity index (χ1v) is 10.8. The highest BCUT2D eigenvalue weighted by atomic mass is 16.6. The number of hydrogen-bond acceptors (Lipinski definition) is 4. The smallest absolute Gasteiger partial charge is 0.411 e. The number of amides is 1. The fraction of sp³-hybridized carbons (Fsp3) is 0.440. The molecule has 164 valence electrons. The van der Waals surface area contributed by atoms with Crippen LogP contribution in [0.4, 0.5) is 10.5 Å².